The van der Waals surface area contributed by atoms with E-state index in [9.17, 15) is 4.79 Å². The minimum absolute atomic E-state index is 0.0579. The smallest absolute Gasteiger partial charge is 0.310 e. The van der Waals surface area contributed by atoms with Gasteiger partial charge in [0, 0.05) is 13.1 Å². The lowest BCUT2D eigenvalue weighted by atomic mass is 10.0. The van der Waals surface area contributed by atoms with E-state index in [0.29, 0.717) is 0 Å². The summed E-state index contributed by atoms with van der Waals surface area (Å²) in [6, 6.07) is 15.0. The molecule has 1 saturated heterocycles. The van der Waals surface area contributed by atoms with Gasteiger partial charge in [0.2, 0.25) is 0 Å². The van der Waals surface area contributed by atoms with Crippen LogP contribution in [0.3, 0.4) is 0 Å². The normalized spacial score (nSPS) is 19.0. The van der Waals surface area contributed by atoms with Crippen LogP contribution in [0.15, 0.2) is 42.5 Å². The lowest BCUT2D eigenvalue weighted by molar-refractivity contribution is -0.144. The predicted octanol–water partition coefficient (Wildman–Crippen LogP) is 2.88. The van der Waals surface area contributed by atoms with Crippen LogP contribution in [0.2, 0.25) is 0 Å². The van der Waals surface area contributed by atoms with Crippen LogP contribution in [-0.4, -0.2) is 37.6 Å². The third-order valence-corrected chi connectivity index (χ3v) is 4.38. The molecule has 1 atom stereocenters. The first-order valence-electron chi connectivity index (χ1n) is 7.55. The van der Waals surface area contributed by atoms with Gasteiger partial charge in [0.05, 0.1) is 13.0 Å². The van der Waals surface area contributed by atoms with Crippen molar-refractivity contribution < 1.29 is 9.53 Å². The number of hydrogen-bond acceptors (Lipinski definition) is 3. The molecule has 1 unspecified atom stereocenters. The largest absolute Gasteiger partial charge is 0.469 e. The summed E-state index contributed by atoms with van der Waals surface area (Å²) in [7, 11) is 1.47. The average Bonchev–Trinajstić information content (AvgIpc) is 3.01. The van der Waals surface area contributed by atoms with Gasteiger partial charge in [0.1, 0.15) is 0 Å². The Balaban J connectivity index is 1.64. The van der Waals surface area contributed by atoms with E-state index in [1.54, 1.807) is 0 Å². The van der Waals surface area contributed by atoms with Crippen molar-refractivity contribution in [3.63, 3.8) is 0 Å². The van der Waals surface area contributed by atoms with Crippen LogP contribution in [0.25, 0.3) is 10.8 Å². The second kappa shape index (κ2) is 6.27. The van der Waals surface area contributed by atoms with E-state index in [4.69, 9.17) is 4.74 Å². The molecule has 1 aliphatic rings. The molecule has 1 fully saturated rings. The summed E-state index contributed by atoms with van der Waals surface area (Å²) < 4.78 is 4.84. The molecule has 2 aromatic carbocycles. The molecule has 0 aliphatic carbocycles. The number of ether oxygens (including phenoxy) is 1. The highest BCUT2D eigenvalue weighted by Gasteiger charge is 2.28. The van der Waals surface area contributed by atoms with E-state index in [1.165, 1.54) is 23.4 Å². The van der Waals surface area contributed by atoms with E-state index < -0.39 is 0 Å². The molecule has 0 spiro atoms. The standard InChI is InChI=1S/C18H21NO2/c1-21-18(20)16-10-12-19(13-16)11-9-15-7-4-6-14-5-2-3-8-17(14)15/h2-8,16H,9-13H2,1H3. The monoisotopic (exact) mass is 283 g/mol. The quantitative estimate of drug-likeness (QED) is 0.808. The number of nitrogens with zero attached hydrogens (tertiary/aromatic N) is 1. The van der Waals surface area contributed by atoms with Crippen LogP contribution in [0.5, 0.6) is 0 Å². The Bertz CT molecular complexity index is 633. The molecule has 1 aliphatic heterocycles. The van der Waals surface area contributed by atoms with Crippen molar-refractivity contribution in [2.45, 2.75) is 12.8 Å². The number of likely N-dealkylation sites (tertiary alicyclic amines) is 1. The predicted molar refractivity (Wildman–Crippen MR) is 84.2 cm³/mol. The maximum absolute atomic E-state index is 11.6. The molecule has 0 radical (unpaired) electrons. The maximum Gasteiger partial charge on any atom is 0.310 e. The van der Waals surface area contributed by atoms with Crippen molar-refractivity contribution >= 4 is 16.7 Å². The summed E-state index contributed by atoms with van der Waals surface area (Å²) in [6.07, 6.45) is 1.94. The molecule has 1 heterocycles. The molecule has 2 aromatic rings. The second-order valence-corrected chi connectivity index (χ2v) is 5.70. The molecular formula is C18H21NO2. The van der Waals surface area contributed by atoms with Crippen LogP contribution < -0.4 is 0 Å². The molecule has 0 aromatic heterocycles. The minimum Gasteiger partial charge on any atom is -0.469 e. The van der Waals surface area contributed by atoms with Gasteiger partial charge in [-0.2, -0.15) is 0 Å². The van der Waals surface area contributed by atoms with Gasteiger partial charge in [-0.1, -0.05) is 42.5 Å². The van der Waals surface area contributed by atoms with Gasteiger partial charge in [-0.05, 0) is 35.7 Å². The first-order chi connectivity index (χ1) is 10.3. The van der Waals surface area contributed by atoms with Gasteiger partial charge < -0.3 is 9.64 Å². The highest BCUT2D eigenvalue weighted by Crippen LogP contribution is 2.21. The molecule has 21 heavy (non-hydrogen) atoms. The van der Waals surface area contributed by atoms with Crippen molar-refractivity contribution in [2.75, 3.05) is 26.7 Å². The number of hydrogen-bond donors (Lipinski definition) is 0. The van der Waals surface area contributed by atoms with E-state index in [0.717, 1.165) is 32.5 Å². The number of fused-ring (bicyclic) bond motifs is 1. The van der Waals surface area contributed by atoms with E-state index in [2.05, 4.69) is 47.4 Å². The molecule has 3 nitrogen and oxygen atoms in total. The fraction of sp³-hybridized carbons (Fsp3) is 0.389. The van der Waals surface area contributed by atoms with Gasteiger partial charge in [0.25, 0.3) is 0 Å². The topological polar surface area (TPSA) is 29.5 Å². The molecule has 0 N–H and O–H groups in total. The van der Waals surface area contributed by atoms with Crippen LogP contribution in [-0.2, 0) is 16.0 Å². The fourth-order valence-corrected chi connectivity index (χ4v) is 3.18. The van der Waals surface area contributed by atoms with E-state index in [-0.39, 0.29) is 11.9 Å². The number of carbonyl (C=O) groups is 1. The third-order valence-electron chi connectivity index (χ3n) is 4.38. The summed E-state index contributed by atoms with van der Waals surface area (Å²) in [5.74, 6) is -0.00909. The van der Waals surface area contributed by atoms with Crippen molar-refractivity contribution in [3.05, 3.63) is 48.0 Å². The summed E-state index contributed by atoms with van der Waals surface area (Å²) >= 11 is 0. The summed E-state index contributed by atoms with van der Waals surface area (Å²) in [5.41, 5.74) is 1.38. The first kappa shape index (κ1) is 14.1. The second-order valence-electron chi connectivity index (χ2n) is 5.70. The molecule has 0 bridgehead atoms. The van der Waals surface area contributed by atoms with Crippen molar-refractivity contribution in [1.29, 1.82) is 0 Å². The summed E-state index contributed by atoms with van der Waals surface area (Å²) in [5, 5.41) is 2.63. The number of carbonyl (C=O) groups excluding carboxylic acids is 1. The zero-order valence-corrected chi connectivity index (χ0v) is 12.4. The lowest BCUT2D eigenvalue weighted by Gasteiger charge is -2.16. The van der Waals surface area contributed by atoms with Crippen LogP contribution in [0.4, 0.5) is 0 Å². The molecule has 0 amide bonds. The molecule has 3 heteroatoms. The Kier molecular flexibility index (Phi) is 4.20. The van der Waals surface area contributed by atoms with Gasteiger partial charge in [0.15, 0.2) is 0 Å². The van der Waals surface area contributed by atoms with Gasteiger partial charge in [-0.3, -0.25) is 4.79 Å². The Morgan fingerprint density at radius 2 is 2.05 bits per heavy atom. The summed E-state index contributed by atoms with van der Waals surface area (Å²) in [4.78, 5) is 13.9. The van der Waals surface area contributed by atoms with E-state index in [1.807, 2.05) is 0 Å². The Morgan fingerprint density at radius 3 is 2.90 bits per heavy atom. The van der Waals surface area contributed by atoms with Crippen LogP contribution in [0.1, 0.15) is 12.0 Å². The van der Waals surface area contributed by atoms with Gasteiger partial charge >= 0.3 is 5.97 Å². The number of esters is 1. The van der Waals surface area contributed by atoms with E-state index >= 15 is 0 Å². The Hall–Kier alpha value is -1.87. The van der Waals surface area contributed by atoms with Crippen LogP contribution in [0, 0.1) is 5.92 Å². The minimum atomic E-state index is -0.0670. The van der Waals surface area contributed by atoms with Gasteiger partial charge in [-0.15, -0.1) is 0 Å². The SMILES string of the molecule is COC(=O)C1CCN(CCc2cccc3ccccc23)C1. The highest BCUT2D eigenvalue weighted by atomic mass is 16.5. The van der Waals surface area contributed by atoms with Crippen molar-refractivity contribution in [1.82, 2.24) is 4.90 Å². The fourth-order valence-electron chi connectivity index (χ4n) is 3.18. The Labute approximate surface area is 125 Å². The highest BCUT2D eigenvalue weighted by molar-refractivity contribution is 5.85. The molecule has 3 rings (SSSR count). The number of rotatable bonds is 4. The van der Waals surface area contributed by atoms with Crippen LogP contribution >= 0.6 is 0 Å². The Morgan fingerprint density at radius 1 is 1.24 bits per heavy atom. The first-order valence-corrected chi connectivity index (χ1v) is 7.55. The number of methoxy groups -OCH3 is 1. The molecule has 0 saturated carbocycles. The zero-order valence-electron chi connectivity index (χ0n) is 12.4. The zero-order chi connectivity index (χ0) is 14.7. The maximum atomic E-state index is 11.6. The third kappa shape index (κ3) is 3.08. The number of benzene rings is 2. The summed E-state index contributed by atoms with van der Waals surface area (Å²) in [6.45, 7) is 2.82. The van der Waals surface area contributed by atoms with Gasteiger partial charge in [-0.25, -0.2) is 0 Å². The molecular weight excluding hydrogens is 262 g/mol. The van der Waals surface area contributed by atoms with Crippen molar-refractivity contribution in [2.24, 2.45) is 5.92 Å². The average molecular weight is 283 g/mol. The lowest BCUT2D eigenvalue weighted by Crippen LogP contribution is -2.26. The van der Waals surface area contributed by atoms with Crippen molar-refractivity contribution in [3.8, 4) is 0 Å². The molecule has 110 valence electrons.